The Morgan fingerprint density at radius 1 is 1.13 bits per heavy atom. The largest absolute Gasteiger partial charge is 0.311 e. The van der Waals surface area contributed by atoms with Gasteiger partial charge in [-0.3, -0.25) is 0 Å². The molecule has 1 aliphatic rings. The van der Waals surface area contributed by atoms with Gasteiger partial charge in [0.05, 0.1) is 0 Å². The molecule has 0 spiro atoms. The number of hydrogen-bond acceptors (Lipinski definition) is 1. The molecule has 82 valence electrons. The van der Waals surface area contributed by atoms with Crippen LogP contribution in [0.5, 0.6) is 0 Å². The molecule has 1 aromatic rings. The number of hydrogen-bond donors (Lipinski definition) is 1. The second-order valence-corrected chi connectivity index (χ2v) is 5.03. The van der Waals surface area contributed by atoms with Gasteiger partial charge in [-0.25, -0.2) is 0 Å². The van der Waals surface area contributed by atoms with Gasteiger partial charge in [-0.2, -0.15) is 0 Å². The number of rotatable bonds is 2. The Labute approximate surface area is 92.9 Å². The number of benzene rings is 1. The van der Waals surface area contributed by atoms with E-state index in [-0.39, 0.29) is 5.54 Å². The Morgan fingerprint density at radius 3 is 2.60 bits per heavy atom. The Bertz CT molecular complexity index is 352. The third kappa shape index (κ3) is 1.93. The summed E-state index contributed by atoms with van der Waals surface area (Å²) in [6.07, 6.45) is 5.24. The number of fused-ring (bicyclic) bond motifs is 1. The highest BCUT2D eigenvalue weighted by atomic mass is 14.9. The Kier molecular flexibility index (Phi) is 2.83. The predicted molar refractivity (Wildman–Crippen MR) is 65.2 cm³/mol. The highest BCUT2D eigenvalue weighted by molar-refractivity contribution is 5.40. The average Bonchev–Trinajstić information content (AvgIpc) is 2.28. The lowest BCUT2D eigenvalue weighted by Crippen LogP contribution is -2.34. The zero-order valence-electron chi connectivity index (χ0n) is 10.1. The summed E-state index contributed by atoms with van der Waals surface area (Å²) in [5, 5.41) is 3.41. The van der Waals surface area contributed by atoms with Crippen LogP contribution >= 0.6 is 0 Å². The van der Waals surface area contributed by atoms with Crippen molar-refractivity contribution in [3.8, 4) is 0 Å². The topological polar surface area (TPSA) is 12.0 Å². The molecule has 0 radical (unpaired) electrons. The zero-order chi connectivity index (χ0) is 10.9. The van der Waals surface area contributed by atoms with Crippen LogP contribution in [0, 0.1) is 0 Å². The molecule has 1 aliphatic carbocycles. The molecule has 0 aromatic heterocycles. The van der Waals surface area contributed by atoms with E-state index in [4.69, 9.17) is 0 Å². The molecule has 0 heterocycles. The van der Waals surface area contributed by atoms with E-state index >= 15 is 0 Å². The lowest BCUT2D eigenvalue weighted by molar-refractivity contribution is 0.437. The van der Waals surface area contributed by atoms with Crippen LogP contribution in [0.1, 0.15) is 43.4 Å². The van der Waals surface area contributed by atoms with Gasteiger partial charge < -0.3 is 5.32 Å². The third-order valence-corrected chi connectivity index (χ3v) is 3.69. The molecule has 0 saturated carbocycles. The van der Waals surface area contributed by atoms with Crippen molar-refractivity contribution in [2.45, 2.75) is 45.1 Å². The van der Waals surface area contributed by atoms with Gasteiger partial charge in [0.15, 0.2) is 0 Å². The fourth-order valence-corrected chi connectivity index (χ4v) is 2.50. The maximum atomic E-state index is 3.41. The molecule has 1 heteroatoms. The summed E-state index contributed by atoms with van der Waals surface area (Å²) >= 11 is 0. The van der Waals surface area contributed by atoms with Gasteiger partial charge in [-0.05, 0) is 63.3 Å². The van der Waals surface area contributed by atoms with Crippen LogP contribution in [0.15, 0.2) is 18.2 Å². The second kappa shape index (κ2) is 3.97. The van der Waals surface area contributed by atoms with Crippen LogP contribution in [0.2, 0.25) is 0 Å². The van der Waals surface area contributed by atoms with Gasteiger partial charge in [0.25, 0.3) is 0 Å². The van der Waals surface area contributed by atoms with Crippen LogP contribution in [0.3, 0.4) is 0 Å². The third-order valence-electron chi connectivity index (χ3n) is 3.69. The first-order valence-corrected chi connectivity index (χ1v) is 5.95. The first-order chi connectivity index (χ1) is 7.15. The van der Waals surface area contributed by atoms with Crippen LogP contribution in [0.4, 0.5) is 0 Å². The monoisotopic (exact) mass is 203 g/mol. The Balaban J connectivity index is 2.48. The minimum absolute atomic E-state index is 0.0999. The van der Waals surface area contributed by atoms with Crippen molar-refractivity contribution in [2.75, 3.05) is 7.05 Å². The first kappa shape index (κ1) is 10.7. The molecule has 0 amide bonds. The molecule has 15 heavy (non-hydrogen) atoms. The number of nitrogens with one attached hydrogen (secondary N) is 1. The molecule has 0 fully saturated rings. The van der Waals surface area contributed by atoms with Gasteiger partial charge in [-0.15, -0.1) is 0 Å². The maximum Gasteiger partial charge on any atom is 0.0377 e. The SMILES string of the molecule is CNC(C)(C)c1cccc2c1CCCC2. The lowest BCUT2D eigenvalue weighted by Gasteiger charge is -2.30. The summed E-state index contributed by atoms with van der Waals surface area (Å²) in [6, 6.07) is 6.78. The van der Waals surface area contributed by atoms with Crippen LogP contribution < -0.4 is 5.32 Å². The van der Waals surface area contributed by atoms with Crippen molar-refractivity contribution in [1.82, 2.24) is 5.32 Å². The molecule has 0 aliphatic heterocycles. The summed E-state index contributed by atoms with van der Waals surface area (Å²) in [6.45, 7) is 4.52. The van der Waals surface area contributed by atoms with Gasteiger partial charge >= 0.3 is 0 Å². The quantitative estimate of drug-likeness (QED) is 0.779. The van der Waals surface area contributed by atoms with E-state index in [1.54, 1.807) is 11.1 Å². The normalized spacial score (nSPS) is 16.2. The predicted octanol–water partition coefficient (Wildman–Crippen LogP) is 3.02. The molecule has 0 unspecified atom stereocenters. The summed E-state index contributed by atoms with van der Waals surface area (Å²) in [4.78, 5) is 0. The van der Waals surface area contributed by atoms with E-state index in [1.165, 1.54) is 31.2 Å². The van der Waals surface area contributed by atoms with Gasteiger partial charge in [0.2, 0.25) is 0 Å². The van der Waals surface area contributed by atoms with Gasteiger partial charge in [0, 0.05) is 5.54 Å². The van der Waals surface area contributed by atoms with E-state index in [2.05, 4.69) is 37.4 Å². The highest BCUT2D eigenvalue weighted by Crippen LogP contribution is 2.30. The molecule has 1 N–H and O–H groups in total. The molecule has 1 aromatic carbocycles. The van der Waals surface area contributed by atoms with E-state index in [0.717, 1.165) is 0 Å². The van der Waals surface area contributed by atoms with Crippen molar-refractivity contribution in [1.29, 1.82) is 0 Å². The first-order valence-electron chi connectivity index (χ1n) is 5.95. The Hall–Kier alpha value is -0.820. The van der Waals surface area contributed by atoms with Crippen molar-refractivity contribution in [2.24, 2.45) is 0 Å². The van der Waals surface area contributed by atoms with Crippen LogP contribution in [-0.4, -0.2) is 7.05 Å². The molecule has 0 atom stereocenters. The van der Waals surface area contributed by atoms with Gasteiger partial charge in [-0.1, -0.05) is 18.2 Å². The lowest BCUT2D eigenvalue weighted by atomic mass is 9.81. The molecule has 0 saturated heterocycles. The van der Waals surface area contributed by atoms with Crippen LogP contribution in [-0.2, 0) is 18.4 Å². The summed E-state index contributed by atoms with van der Waals surface area (Å²) in [7, 11) is 2.04. The molecular weight excluding hydrogens is 182 g/mol. The minimum Gasteiger partial charge on any atom is -0.311 e. The summed E-state index contributed by atoms with van der Waals surface area (Å²) < 4.78 is 0. The van der Waals surface area contributed by atoms with E-state index in [1.807, 2.05) is 7.05 Å². The zero-order valence-corrected chi connectivity index (χ0v) is 10.1. The van der Waals surface area contributed by atoms with E-state index in [9.17, 15) is 0 Å². The average molecular weight is 203 g/mol. The minimum atomic E-state index is 0.0999. The standard InChI is InChI=1S/C14H21N/c1-14(2,15-3)13-10-6-8-11-7-4-5-9-12(11)13/h6,8,10,15H,4-5,7,9H2,1-3H3. The van der Waals surface area contributed by atoms with Crippen molar-refractivity contribution < 1.29 is 0 Å². The van der Waals surface area contributed by atoms with Crippen LogP contribution in [0.25, 0.3) is 0 Å². The second-order valence-electron chi connectivity index (χ2n) is 5.03. The molecule has 0 bridgehead atoms. The van der Waals surface area contributed by atoms with Gasteiger partial charge in [0.1, 0.15) is 0 Å². The smallest absolute Gasteiger partial charge is 0.0377 e. The number of aryl methyl sites for hydroxylation is 1. The van der Waals surface area contributed by atoms with Crippen molar-refractivity contribution in [3.05, 3.63) is 34.9 Å². The molecule has 2 rings (SSSR count). The highest BCUT2D eigenvalue weighted by Gasteiger charge is 2.23. The Morgan fingerprint density at radius 2 is 1.87 bits per heavy atom. The fourth-order valence-electron chi connectivity index (χ4n) is 2.50. The molecule has 1 nitrogen and oxygen atoms in total. The molecular formula is C14H21N. The van der Waals surface area contributed by atoms with E-state index < -0.39 is 0 Å². The maximum absolute atomic E-state index is 3.41. The van der Waals surface area contributed by atoms with Crippen molar-refractivity contribution >= 4 is 0 Å². The fraction of sp³-hybridized carbons (Fsp3) is 0.571. The summed E-state index contributed by atoms with van der Waals surface area (Å²) in [5.74, 6) is 0. The van der Waals surface area contributed by atoms with Crippen molar-refractivity contribution in [3.63, 3.8) is 0 Å². The van der Waals surface area contributed by atoms with E-state index in [0.29, 0.717) is 0 Å². The summed E-state index contributed by atoms with van der Waals surface area (Å²) in [5.41, 5.74) is 4.76.